The minimum atomic E-state index is -1.00. The summed E-state index contributed by atoms with van der Waals surface area (Å²) >= 11 is 6.01. The Bertz CT molecular complexity index is 1380. The normalized spacial score (nSPS) is 11.7. The highest BCUT2D eigenvalue weighted by atomic mass is 35.5. The molecule has 0 amide bonds. The van der Waals surface area contributed by atoms with Crippen molar-refractivity contribution < 1.29 is 9.90 Å². The third-order valence-electron chi connectivity index (χ3n) is 5.16. The number of nitriles is 1. The van der Waals surface area contributed by atoms with E-state index in [0.717, 1.165) is 16.7 Å². The molecule has 0 fully saturated rings. The fourth-order valence-electron chi connectivity index (χ4n) is 3.66. The van der Waals surface area contributed by atoms with Gasteiger partial charge in [0.1, 0.15) is 11.8 Å². The molecule has 0 saturated carbocycles. The number of carbonyl (C=O) groups is 1. The Morgan fingerprint density at radius 1 is 1.12 bits per heavy atom. The van der Waals surface area contributed by atoms with E-state index >= 15 is 0 Å². The van der Waals surface area contributed by atoms with Crippen molar-refractivity contribution in [1.82, 2.24) is 9.97 Å². The summed E-state index contributed by atoms with van der Waals surface area (Å²) in [6.45, 7) is 3.89. The van der Waals surface area contributed by atoms with Gasteiger partial charge in [0.2, 0.25) is 0 Å². The number of nitrogens with zero attached hydrogens (tertiary/aromatic N) is 3. The van der Waals surface area contributed by atoms with Crippen LogP contribution in [0.3, 0.4) is 0 Å². The minimum absolute atomic E-state index is 0.191. The molecule has 0 aliphatic carbocycles. The molecule has 0 unspecified atom stereocenters. The molecule has 1 heterocycles. The van der Waals surface area contributed by atoms with Crippen LogP contribution >= 0.6 is 11.6 Å². The maximum Gasteiger partial charge on any atom is 0.337 e. The molecular weight excluding hydrogens is 424 g/mol. The Morgan fingerprint density at radius 3 is 2.53 bits per heavy atom. The number of nitrogens with one attached hydrogen (secondary N) is 1. The third kappa shape index (κ3) is 4.11. The lowest BCUT2D eigenvalue weighted by Crippen LogP contribution is -2.12. The average molecular weight is 443 g/mol. The van der Waals surface area contributed by atoms with Crippen LogP contribution in [0.4, 0.5) is 5.69 Å². The number of aromatic nitrogens is 2. The van der Waals surface area contributed by atoms with Gasteiger partial charge >= 0.3 is 5.97 Å². The first-order valence-electron chi connectivity index (χ1n) is 9.94. The third-order valence-corrected chi connectivity index (χ3v) is 5.42. The zero-order chi connectivity index (χ0) is 22.8. The second-order valence-electron chi connectivity index (χ2n) is 7.48. The van der Waals surface area contributed by atoms with Crippen LogP contribution in [0.25, 0.3) is 22.3 Å². The number of benzene rings is 3. The number of fused-ring (bicyclic) bond motifs is 1. The summed E-state index contributed by atoms with van der Waals surface area (Å²) < 4.78 is 0. The molecule has 6 nitrogen and oxygen atoms in total. The van der Waals surface area contributed by atoms with Crippen LogP contribution in [0.2, 0.25) is 5.02 Å². The van der Waals surface area contributed by atoms with Crippen LogP contribution in [-0.2, 0) is 0 Å². The predicted molar refractivity (Wildman–Crippen MR) is 125 cm³/mol. The second kappa shape index (κ2) is 8.66. The SMILES string of the molecule is Cc1cc([C@@H](C)Nc2ccccc2C(=O)O)c2nc(-c3ccc(Cl)cc3)c(C#N)nc2c1. The summed E-state index contributed by atoms with van der Waals surface area (Å²) in [4.78, 5) is 21.0. The molecule has 1 atom stereocenters. The maximum absolute atomic E-state index is 11.6. The van der Waals surface area contributed by atoms with Crippen LogP contribution in [0.15, 0.2) is 60.7 Å². The molecule has 32 heavy (non-hydrogen) atoms. The topological polar surface area (TPSA) is 98.9 Å². The van der Waals surface area contributed by atoms with E-state index in [9.17, 15) is 15.2 Å². The molecule has 0 radical (unpaired) electrons. The van der Waals surface area contributed by atoms with E-state index in [0.29, 0.717) is 27.4 Å². The van der Waals surface area contributed by atoms with Gasteiger partial charge in [-0.2, -0.15) is 5.26 Å². The molecule has 0 bridgehead atoms. The molecular formula is C25H19ClN4O2. The van der Waals surface area contributed by atoms with E-state index in [-0.39, 0.29) is 17.3 Å². The summed E-state index contributed by atoms with van der Waals surface area (Å²) in [5.74, 6) is -1.00. The van der Waals surface area contributed by atoms with Crippen molar-refractivity contribution in [1.29, 1.82) is 5.26 Å². The summed E-state index contributed by atoms with van der Waals surface area (Å²) in [6.07, 6.45) is 0. The van der Waals surface area contributed by atoms with Crippen molar-refractivity contribution >= 4 is 34.3 Å². The largest absolute Gasteiger partial charge is 0.478 e. The molecule has 4 aromatic rings. The highest BCUT2D eigenvalue weighted by Crippen LogP contribution is 2.31. The smallest absolute Gasteiger partial charge is 0.337 e. The number of carboxylic acids is 1. The number of aromatic carboxylic acids is 1. The van der Waals surface area contributed by atoms with Crippen LogP contribution in [0.1, 0.15) is 40.1 Å². The summed E-state index contributed by atoms with van der Waals surface area (Å²) in [6, 6.07) is 19.6. The van der Waals surface area contributed by atoms with Crippen molar-refractivity contribution in [2.75, 3.05) is 5.32 Å². The van der Waals surface area contributed by atoms with Crippen LogP contribution < -0.4 is 5.32 Å². The number of halogens is 1. The lowest BCUT2D eigenvalue weighted by molar-refractivity contribution is 0.0698. The van der Waals surface area contributed by atoms with E-state index in [2.05, 4.69) is 16.4 Å². The molecule has 0 aliphatic rings. The zero-order valence-corrected chi connectivity index (χ0v) is 18.2. The monoisotopic (exact) mass is 442 g/mol. The van der Waals surface area contributed by atoms with E-state index in [1.54, 1.807) is 48.5 Å². The highest BCUT2D eigenvalue weighted by molar-refractivity contribution is 6.30. The van der Waals surface area contributed by atoms with E-state index in [4.69, 9.17) is 16.6 Å². The molecule has 2 N–H and O–H groups in total. The van der Waals surface area contributed by atoms with Gasteiger partial charge in [-0.25, -0.2) is 14.8 Å². The zero-order valence-electron chi connectivity index (χ0n) is 17.4. The average Bonchev–Trinajstić information content (AvgIpc) is 2.78. The van der Waals surface area contributed by atoms with Crippen LogP contribution in [0, 0.1) is 18.3 Å². The van der Waals surface area contributed by atoms with Gasteiger partial charge in [0.25, 0.3) is 0 Å². The first-order valence-corrected chi connectivity index (χ1v) is 10.3. The van der Waals surface area contributed by atoms with Gasteiger partial charge in [-0.3, -0.25) is 0 Å². The lowest BCUT2D eigenvalue weighted by atomic mass is 10.0. The fourth-order valence-corrected chi connectivity index (χ4v) is 3.78. The summed E-state index contributed by atoms with van der Waals surface area (Å²) in [5.41, 5.74) is 5.22. The van der Waals surface area contributed by atoms with Crippen LogP contribution in [-0.4, -0.2) is 21.0 Å². The quantitative estimate of drug-likeness (QED) is 0.393. The Kier molecular flexibility index (Phi) is 5.76. The number of anilines is 1. The number of carboxylic acid groups (broad SMARTS) is 1. The number of hydrogen-bond donors (Lipinski definition) is 2. The first-order chi connectivity index (χ1) is 15.4. The van der Waals surface area contributed by atoms with Gasteiger partial charge < -0.3 is 10.4 Å². The van der Waals surface area contributed by atoms with Crippen molar-refractivity contribution in [3.8, 4) is 17.3 Å². The van der Waals surface area contributed by atoms with Gasteiger partial charge in [-0.15, -0.1) is 0 Å². The number of para-hydroxylation sites is 1. The molecule has 0 spiro atoms. The van der Waals surface area contributed by atoms with Gasteiger partial charge in [0.05, 0.1) is 22.6 Å². The first kappa shape index (κ1) is 21.3. The Hall–Kier alpha value is -3.95. The fraction of sp³-hybridized carbons (Fsp3) is 0.120. The number of rotatable bonds is 5. The predicted octanol–water partition coefficient (Wildman–Crippen LogP) is 6.00. The Balaban J connectivity index is 1.86. The van der Waals surface area contributed by atoms with Crippen molar-refractivity contribution in [2.24, 2.45) is 0 Å². The maximum atomic E-state index is 11.6. The van der Waals surface area contributed by atoms with Gasteiger partial charge in [-0.1, -0.05) is 41.9 Å². The van der Waals surface area contributed by atoms with Gasteiger partial charge in [-0.05, 0) is 49.7 Å². The lowest BCUT2D eigenvalue weighted by Gasteiger charge is -2.19. The standard InChI is InChI=1S/C25H19ClN4O2/c1-14-11-19(15(2)28-20-6-4-3-5-18(20)25(31)32)24-21(12-14)29-22(13-27)23(30-24)16-7-9-17(26)10-8-16/h3-12,15,28H,1-2H3,(H,31,32)/t15-/m1/s1. The van der Waals surface area contributed by atoms with Gasteiger partial charge in [0.15, 0.2) is 5.69 Å². The second-order valence-corrected chi connectivity index (χ2v) is 7.91. The highest BCUT2D eigenvalue weighted by Gasteiger charge is 2.18. The molecule has 1 aromatic heterocycles. The Morgan fingerprint density at radius 2 is 1.84 bits per heavy atom. The number of hydrogen-bond acceptors (Lipinski definition) is 5. The Labute approximate surface area is 190 Å². The molecule has 4 rings (SSSR count). The minimum Gasteiger partial charge on any atom is -0.478 e. The van der Waals surface area contributed by atoms with Crippen molar-refractivity contribution in [2.45, 2.75) is 19.9 Å². The van der Waals surface area contributed by atoms with Crippen molar-refractivity contribution in [3.63, 3.8) is 0 Å². The molecule has 7 heteroatoms. The van der Waals surface area contributed by atoms with E-state index < -0.39 is 5.97 Å². The van der Waals surface area contributed by atoms with Crippen LogP contribution in [0.5, 0.6) is 0 Å². The molecule has 3 aromatic carbocycles. The van der Waals surface area contributed by atoms with E-state index in [1.165, 1.54) is 0 Å². The van der Waals surface area contributed by atoms with E-state index in [1.807, 2.05) is 26.0 Å². The molecule has 158 valence electrons. The molecule has 0 saturated heterocycles. The molecule has 0 aliphatic heterocycles. The van der Waals surface area contributed by atoms with Crippen molar-refractivity contribution in [3.05, 3.63) is 88.1 Å². The summed E-state index contributed by atoms with van der Waals surface area (Å²) in [5, 5.41) is 23.1. The van der Waals surface area contributed by atoms with Gasteiger partial charge in [0, 0.05) is 21.8 Å². The summed E-state index contributed by atoms with van der Waals surface area (Å²) in [7, 11) is 0. The number of aryl methyl sites for hydroxylation is 1.